The van der Waals surface area contributed by atoms with Crippen molar-refractivity contribution in [1.82, 2.24) is 0 Å². The number of rotatable bonds is 5. The first kappa shape index (κ1) is 12.8. The minimum Gasteiger partial charge on any atom is -0.399 e. The van der Waals surface area contributed by atoms with Gasteiger partial charge in [0.25, 0.3) is 0 Å². The molecule has 1 rings (SSSR count). The zero-order valence-corrected chi connectivity index (χ0v) is 10.4. The molecule has 0 atom stereocenters. The van der Waals surface area contributed by atoms with Crippen LogP contribution in [0.5, 0.6) is 0 Å². The van der Waals surface area contributed by atoms with E-state index >= 15 is 0 Å². The Balaban J connectivity index is 2.63. The summed E-state index contributed by atoms with van der Waals surface area (Å²) in [5, 5.41) is 12.3. The fourth-order valence-electron chi connectivity index (χ4n) is 1.56. The maximum absolute atomic E-state index is 8.95. The van der Waals surface area contributed by atoms with Gasteiger partial charge in [-0.05, 0) is 36.5 Å². The molecule has 0 heterocycles. The van der Waals surface area contributed by atoms with Gasteiger partial charge in [-0.2, -0.15) is 0 Å². The fraction of sp³-hybridized carbons (Fsp3) is 0.538. The summed E-state index contributed by atoms with van der Waals surface area (Å²) in [6.07, 6.45) is 0.793. The van der Waals surface area contributed by atoms with Crippen molar-refractivity contribution >= 4 is 11.4 Å². The summed E-state index contributed by atoms with van der Waals surface area (Å²) in [7, 11) is 0. The lowest BCUT2D eigenvalue weighted by Crippen LogP contribution is -2.24. The summed E-state index contributed by atoms with van der Waals surface area (Å²) >= 11 is 0. The van der Waals surface area contributed by atoms with Crippen LogP contribution < -0.4 is 11.1 Å². The number of nitrogen functional groups attached to an aromatic ring is 1. The van der Waals surface area contributed by atoms with Crippen molar-refractivity contribution in [3.8, 4) is 0 Å². The van der Waals surface area contributed by atoms with Crippen molar-refractivity contribution in [1.29, 1.82) is 0 Å². The van der Waals surface area contributed by atoms with E-state index in [9.17, 15) is 0 Å². The van der Waals surface area contributed by atoms with E-state index < -0.39 is 0 Å². The molecule has 0 fully saturated rings. The van der Waals surface area contributed by atoms with Gasteiger partial charge in [-0.25, -0.2) is 0 Å². The molecule has 0 aromatic heterocycles. The molecule has 0 radical (unpaired) electrons. The van der Waals surface area contributed by atoms with Crippen LogP contribution in [0.4, 0.5) is 11.4 Å². The minimum absolute atomic E-state index is 0.0891. The van der Waals surface area contributed by atoms with Crippen LogP contribution in [0, 0.1) is 12.3 Å². The van der Waals surface area contributed by atoms with E-state index in [1.807, 2.05) is 18.2 Å². The zero-order chi connectivity index (χ0) is 12.2. The first-order chi connectivity index (χ1) is 7.44. The van der Waals surface area contributed by atoms with Crippen LogP contribution in [-0.4, -0.2) is 18.3 Å². The quantitative estimate of drug-likeness (QED) is 0.670. The summed E-state index contributed by atoms with van der Waals surface area (Å²) in [4.78, 5) is 0. The number of anilines is 2. The number of hydrogen-bond donors (Lipinski definition) is 3. The molecule has 0 saturated carbocycles. The van der Waals surface area contributed by atoms with Crippen molar-refractivity contribution in [2.24, 2.45) is 5.41 Å². The van der Waals surface area contributed by atoms with Crippen LogP contribution in [0.15, 0.2) is 18.2 Å². The number of benzene rings is 1. The summed E-state index contributed by atoms with van der Waals surface area (Å²) < 4.78 is 0. The Morgan fingerprint density at radius 2 is 2.06 bits per heavy atom. The van der Waals surface area contributed by atoms with Gasteiger partial charge in [-0.1, -0.05) is 19.9 Å². The number of nitrogens with two attached hydrogens (primary N) is 1. The lowest BCUT2D eigenvalue weighted by molar-refractivity contribution is 0.220. The maximum Gasteiger partial charge on any atom is 0.0436 e. The van der Waals surface area contributed by atoms with E-state index in [1.165, 1.54) is 5.56 Å². The Labute approximate surface area is 97.7 Å². The van der Waals surface area contributed by atoms with Gasteiger partial charge in [0.05, 0.1) is 0 Å². The lowest BCUT2D eigenvalue weighted by atomic mass is 9.89. The van der Waals surface area contributed by atoms with Gasteiger partial charge in [0.2, 0.25) is 0 Å². The molecule has 90 valence electrons. The number of hydrogen-bond acceptors (Lipinski definition) is 3. The van der Waals surface area contributed by atoms with E-state index in [0.29, 0.717) is 0 Å². The molecule has 0 saturated heterocycles. The maximum atomic E-state index is 8.95. The second kappa shape index (κ2) is 5.21. The normalized spacial score (nSPS) is 11.5. The lowest BCUT2D eigenvalue weighted by Gasteiger charge is -2.25. The highest BCUT2D eigenvalue weighted by atomic mass is 16.3. The van der Waals surface area contributed by atoms with E-state index in [4.69, 9.17) is 10.8 Å². The molecule has 0 unspecified atom stereocenters. The van der Waals surface area contributed by atoms with Crippen molar-refractivity contribution in [2.75, 3.05) is 24.2 Å². The summed E-state index contributed by atoms with van der Waals surface area (Å²) in [5.74, 6) is 0. The van der Waals surface area contributed by atoms with Crippen LogP contribution in [0.2, 0.25) is 0 Å². The fourth-order valence-corrected chi connectivity index (χ4v) is 1.56. The zero-order valence-electron chi connectivity index (χ0n) is 10.4. The van der Waals surface area contributed by atoms with Gasteiger partial charge in [0, 0.05) is 24.5 Å². The second-order valence-corrected chi connectivity index (χ2v) is 5.07. The van der Waals surface area contributed by atoms with Crippen molar-refractivity contribution in [3.63, 3.8) is 0 Å². The standard InChI is InChI=1S/C13H22N2O/c1-10-4-5-11(14)8-12(10)15-9-13(2,3)6-7-16/h4-5,8,15-16H,6-7,9,14H2,1-3H3. The number of aryl methyl sites for hydroxylation is 1. The Bertz CT molecular complexity index is 348. The molecule has 0 spiro atoms. The first-order valence-corrected chi connectivity index (χ1v) is 5.65. The van der Waals surface area contributed by atoms with Crippen molar-refractivity contribution in [3.05, 3.63) is 23.8 Å². The highest BCUT2D eigenvalue weighted by Crippen LogP contribution is 2.23. The Morgan fingerprint density at radius 1 is 1.38 bits per heavy atom. The molecule has 4 N–H and O–H groups in total. The number of nitrogens with one attached hydrogen (secondary N) is 1. The van der Waals surface area contributed by atoms with E-state index in [-0.39, 0.29) is 12.0 Å². The smallest absolute Gasteiger partial charge is 0.0436 e. The molecule has 0 amide bonds. The summed E-state index contributed by atoms with van der Waals surface area (Å²) in [6.45, 7) is 7.39. The van der Waals surface area contributed by atoms with E-state index in [0.717, 1.165) is 24.3 Å². The molecular formula is C13H22N2O. The molecule has 0 bridgehead atoms. The van der Waals surface area contributed by atoms with Gasteiger partial charge in [-0.15, -0.1) is 0 Å². The highest BCUT2D eigenvalue weighted by molar-refractivity contribution is 5.59. The van der Waals surface area contributed by atoms with Crippen molar-refractivity contribution in [2.45, 2.75) is 27.2 Å². The van der Waals surface area contributed by atoms with Gasteiger partial charge in [0.15, 0.2) is 0 Å². The Kier molecular flexibility index (Phi) is 4.19. The van der Waals surface area contributed by atoms with E-state index in [2.05, 4.69) is 26.1 Å². The van der Waals surface area contributed by atoms with Gasteiger partial charge < -0.3 is 16.2 Å². The number of aliphatic hydroxyl groups is 1. The van der Waals surface area contributed by atoms with Crippen LogP contribution in [0.25, 0.3) is 0 Å². The predicted octanol–water partition coefficient (Wildman–Crippen LogP) is 2.40. The predicted molar refractivity (Wildman–Crippen MR) is 69.6 cm³/mol. The van der Waals surface area contributed by atoms with Crippen LogP contribution in [0.1, 0.15) is 25.8 Å². The highest BCUT2D eigenvalue weighted by Gasteiger charge is 2.16. The molecular weight excluding hydrogens is 200 g/mol. The average molecular weight is 222 g/mol. The SMILES string of the molecule is Cc1ccc(N)cc1NCC(C)(C)CCO. The molecule has 0 aliphatic rings. The molecule has 1 aromatic carbocycles. The van der Waals surface area contributed by atoms with Crippen LogP contribution in [-0.2, 0) is 0 Å². The molecule has 16 heavy (non-hydrogen) atoms. The third kappa shape index (κ3) is 3.74. The van der Waals surface area contributed by atoms with Gasteiger partial charge in [0.1, 0.15) is 0 Å². The molecule has 3 heteroatoms. The van der Waals surface area contributed by atoms with Gasteiger partial charge in [-0.3, -0.25) is 0 Å². The molecule has 3 nitrogen and oxygen atoms in total. The van der Waals surface area contributed by atoms with Crippen molar-refractivity contribution < 1.29 is 5.11 Å². The molecule has 1 aromatic rings. The summed E-state index contributed by atoms with van der Waals surface area (Å²) in [5.41, 5.74) is 8.87. The number of aliphatic hydroxyl groups excluding tert-OH is 1. The minimum atomic E-state index is 0.0891. The second-order valence-electron chi connectivity index (χ2n) is 5.07. The topological polar surface area (TPSA) is 58.3 Å². The van der Waals surface area contributed by atoms with Crippen LogP contribution >= 0.6 is 0 Å². The Hall–Kier alpha value is -1.22. The molecule has 0 aliphatic heterocycles. The van der Waals surface area contributed by atoms with Crippen LogP contribution in [0.3, 0.4) is 0 Å². The van der Waals surface area contributed by atoms with E-state index in [1.54, 1.807) is 0 Å². The average Bonchev–Trinajstić information content (AvgIpc) is 2.19. The first-order valence-electron chi connectivity index (χ1n) is 5.65. The monoisotopic (exact) mass is 222 g/mol. The summed E-state index contributed by atoms with van der Waals surface area (Å²) in [6, 6.07) is 5.86. The third-order valence-corrected chi connectivity index (χ3v) is 2.81. The van der Waals surface area contributed by atoms with Gasteiger partial charge >= 0.3 is 0 Å². The molecule has 0 aliphatic carbocycles. The third-order valence-electron chi connectivity index (χ3n) is 2.81. The Morgan fingerprint density at radius 3 is 2.69 bits per heavy atom. The largest absolute Gasteiger partial charge is 0.399 e.